The Morgan fingerprint density at radius 1 is 0.302 bits per heavy atom. The molecule has 0 aliphatic heterocycles. The molecule has 406 valence electrons. The van der Waals surface area contributed by atoms with Crippen molar-refractivity contribution in [1.82, 2.24) is 0 Å². The minimum Gasteiger partial charge on any atom is -0.309 e. The van der Waals surface area contributed by atoms with Crippen molar-refractivity contribution in [2.75, 3.05) is 9.80 Å². The van der Waals surface area contributed by atoms with Crippen LogP contribution in [0, 0.1) is 24.7 Å². The molecular weight excluding hydrogens is 1040 g/mol. The molecule has 86 heavy (non-hydrogen) atoms. The van der Waals surface area contributed by atoms with Gasteiger partial charge in [0.1, 0.15) is 0 Å². The van der Waals surface area contributed by atoms with Gasteiger partial charge >= 0.3 is 0 Å². The van der Waals surface area contributed by atoms with Gasteiger partial charge in [-0.15, -0.1) is 0 Å². The molecule has 18 rings (SSSR count). The van der Waals surface area contributed by atoms with Crippen LogP contribution < -0.4 is 30.7 Å². The van der Waals surface area contributed by atoms with Gasteiger partial charge < -0.3 is 9.80 Å². The minimum atomic E-state index is -0.226. The molecule has 2 heteroatoms. The third kappa shape index (κ3) is 6.90. The van der Waals surface area contributed by atoms with Crippen molar-refractivity contribution >= 4 is 143 Å². The highest BCUT2D eigenvalue weighted by Gasteiger charge is 2.36. The van der Waals surface area contributed by atoms with Crippen molar-refractivity contribution in [3.8, 4) is 0 Å². The molecule has 0 unspecified atom stereocenters. The minimum absolute atomic E-state index is 0.226. The molecule has 0 N–H and O–H groups in total. The van der Waals surface area contributed by atoms with E-state index in [0.717, 1.165) is 22.7 Å². The molecule has 0 bridgehead atoms. The Hall–Kier alpha value is -10.3. The standard InChI is InChI=1S/C84H60N2/c1-49-17-15-19-55(41-49)85(77-37-39-83(3,4)81-67-47-71-63-27-13-9-23-59(63)57-21-7-11-25-61(57)69(71)43-53(67)45-73(77)81)75-35-31-51-30-34-66-76(36-32-52-29-33-65(75)79(51)80(52)66)86(56-20-16-18-50(2)42-56)78-38-40-84(5,6)82-68-48-72-64-28-14-10-24-60(64)58-22-8-12-26-62(58)70(72)44-54(68)46-74(78)82/h7-48H,1-6H3. The third-order valence-electron chi connectivity index (χ3n) is 19.8. The summed E-state index contributed by atoms with van der Waals surface area (Å²) in [5.41, 5.74) is 14.2. The first-order valence-corrected chi connectivity index (χ1v) is 30.5. The van der Waals surface area contributed by atoms with Gasteiger partial charge in [-0.2, -0.15) is 0 Å². The van der Waals surface area contributed by atoms with Gasteiger partial charge in [0.2, 0.25) is 0 Å². The van der Waals surface area contributed by atoms with Crippen molar-refractivity contribution in [3.05, 3.63) is 297 Å². The predicted molar refractivity (Wildman–Crippen MR) is 369 cm³/mol. The largest absolute Gasteiger partial charge is 0.309 e. The quantitative estimate of drug-likeness (QED) is 0.153. The third-order valence-corrected chi connectivity index (χ3v) is 19.8. The summed E-state index contributed by atoms with van der Waals surface area (Å²) in [6.07, 6.45) is 14.7. The van der Waals surface area contributed by atoms with E-state index in [0.29, 0.717) is 0 Å². The fraction of sp³-hybridized carbons (Fsp3) is 0.0952. The molecule has 0 radical (unpaired) electrons. The Bertz CT molecular complexity index is 5500. The van der Waals surface area contributed by atoms with Gasteiger partial charge in [-0.3, -0.25) is 0 Å². The number of hydrogen-bond donors (Lipinski definition) is 0. The number of aryl methyl sites for hydroxylation is 2. The maximum atomic E-state index is 2.56. The van der Waals surface area contributed by atoms with Crippen molar-refractivity contribution in [1.29, 1.82) is 0 Å². The molecule has 0 fully saturated rings. The van der Waals surface area contributed by atoms with Crippen LogP contribution in [0.5, 0.6) is 0 Å². The Labute approximate surface area is 499 Å². The van der Waals surface area contributed by atoms with Crippen LogP contribution in [0.1, 0.15) is 38.8 Å². The van der Waals surface area contributed by atoms with Crippen LogP contribution >= 0.6 is 0 Å². The summed E-state index contributed by atoms with van der Waals surface area (Å²) in [6, 6.07) is 82.9. The van der Waals surface area contributed by atoms with E-state index >= 15 is 0 Å². The van der Waals surface area contributed by atoms with Gasteiger partial charge in [0.05, 0.1) is 22.8 Å². The second-order valence-corrected chi connectivity index (χ2v) is 25.8. The van der Waals surface area contributed by atoms with E-state index in [9.17, 15) is 0 Å². The van der Waals surface area contributed by atoms with Crippen LogP contribution in [0.2, 0.25) is 0 Å². The Balaban J connectivity index is 0.873. The van der Waals surface area contributed by atoms with E-state index < -0.39 is 0 Å². The first-order chi connectivity index (χ1) is 42.0. The highest BCUT2D eigenvalue weighted by Crippen LogP contribution is 2.52. The molecule has 14 aromatic rings. The highest BCUT2D eigenvalue weighted by atomic mass is 15.2. The summed E-state index contributed by atoms with van der Waals surface area (Å²) in [4.78, 5) is 5.13. The summed E-state index contributed by atoms with van der Waals surface area (Å²) in [7, 11) is 0. The molecular formula is C84H60N2. The summed E-state index contributed by atoms with van der Waals surface area (Å²) in [5.74, 6) is 0. The highest BCUT2D eigenvalue weighted by molar-refractivity contribution is 6.29. The van der Waals surface area contributed by atoms with E-state index in [1.807, 2.05) is 0 Å². The second-order valence-electron chi connectivity index (χ2n) is 25.8. The lowest BCUT2D eigenvalue weighted by atomic mass is 9.76. The molecule has 0 saturated carbocycles. The topological polar surface area (TPSA) is 6.48 Å². The number of hydrogen-bond acceptors (Lipinski definition) is 2. The molecule has 0 heterocycles. The zero-order valence-corrected chi connectivity index (χ0v) is 49.1. The van der Waals surface area contributed by atoms with Gasteiger partial charge in [0.15, 0.2) is 0 Å². The van der Waals surface area contributed by atoms with Crippen molar-refractivity contribution < 1.29 is 0 Å². The SMILES string of the molecule is Cc1cccc(N(C2=C3C=c4cc5c6ccccc6c6ccccc6c5cc4=C3C(C)(C)C=C2)c2ccc3ccc4c(N(C5=C6C=c7cc8c9ccccc9c9ccccc9c8cc7=C6C(C)(C)C=C5)c5cccc(C)c5)ccc5ccc2c3c54)c1. The number of benzene rings is 14. The van der Waals surface area contributed by atoms with E-state index in [1.165, 1.54) is 163 Å². The van der Waals surface area contributed by atoms with Gasteiger partial charge in [-0.05, 0) is 228 Å². The Morgan fingerprint density at radius 2 is 0.640 bits per heavy atom. The molecule has 0 spiro atoms. The summed E-state index contributed by atoms with van der Waals surface area (Å²) >= 11 is 0. The zero-order valence-electron chi connectivity index (χ0n) is 49.1. The molecule has 4 aliphatic rings. The van der Waals surface area contributed by atoms with Crippen molar-refractivity contribution in [3.63, 3.8) is 0 Å². The average Bonchev–Trinajstić information content (AvgIpc) is 1.39. The van der Waals surface area contributed by atoms with Crippen molar-refractivity contribution in [2.24, 2.45) is 10.8 Å². The number of allylic oxidation sites excluding steroid dienone is 6. The lowest BCUT2D eigenvalue weighted by molar-refractivity contribution is 0.641. The molecule has 4 aliphatic carbocycles. The first kappa shape index (κ1) is 49.2. The molecule has 14 aromatic carbocycles. The number of nitrogens with zero attached hydrogens (tertiary/aromatic N) is 2. The van der Waals surface area contributed by atoms with Gasteiger partial charge in [-0.25, -0.2) is 0 Å². The summed E-state index contributed by atoms with van der Waals surface area (Å²) in [5, 5.41) is 28.2. The number of rotatable bonds is 6. The van der Waals surface area contributed by atoms with E-state index in [2.05, 4.69) is 306 Å². The van der Waals surface area contributed by atoms with E-state index in [-0.39, 0.29) is 10.8 Å². The molecule has 0 atom stereocenters. The lowest BCUT2D eigenvalue weighted by Gasteiger charge is -2.36. The fourth-order valence-corrected chi connectivity index (χ4v) is 16.0. The zero-order chi connectivity index (χ0) is 57.5. The van der Waals surface area contributed by atoms with E-state index in [1.54, 1.807) is 0 Å². The molecule has 0 amide bonds. The number of fused-ring (bicyclic) bond motifs is 16. The summed E-state index contributed by atoms with van der Waals surface area (Å²) in [6.45, 7) is 14.0. The average molecular weight is 1100 g/mol. The van der Waals surface area contributed by atoms with Crippen LogP contribution in [0.15, 0.2) is 265 Å². The van der Waals surface area contributed by atoms with Crippen LogP contribution in [-0.2, 0) is 0 Å². The predicted octanol–water partition coefficient (Wildman–Crippen LogP) is 19.4. The Morgan fingerprint density at radius 3 is 1.00 bits per heavy atom. The van der Waals surface area contributed by atoms with Crippen LogP contribution in [-0.4, -0.2) is 0 Å². The molecule has 2 nitrogen and oxygen atoms in total. The maximum Gasteiger partial charge on any atom is 0.0540 e. The Kier molecular flexibility index (Phi) is 10.1. The van der Waals surface area contributed by atoms with Gasteiger partial charge in [0, 0.05) is 44.1 Å². The van der Waals surface area contributed by atoms with Crippen molar-refractivity contribution in [2.45, 2.75) is 41.5 Å². The maximum absolute atomic E-state index is 2.56. The smallest absolute Gasteiger partial charge is 0.0540 e. The second kappa shape index (κ2) is 17.6. The molecule has 0 aromatic heterocycles. The fourth-order valence-electron chi connectivity index (χ4n) is 16.0. The number of anilines is 4. The van der Waals surface area contributed by atoms with Crippen LogP contribution in [0.3, 0.4) is 0 Å². The first-order valence-electron chi connectivity index (χ1n) is 30.5. The van der Waals surface area contributed by atoms with Crippen LogP contribution in [0.25, 0.3) is 120 Å². The van der Waals surface area contributed by atoms with Crippen LogP contribution in [0.4, 0.5) is 22.7 Å². The van der Waals surface area contributed by atoms with Gasteiger partial charge in [-0.1, -0.05) is 198 Å². The summed E-state index contributed by atoms with van der Waals surface area (Å²) < 4.78 is 0. The van der Waals surface area contributed by atoms with E-state index in [4.69, 9.17) is 0 Å². The normalized spacial score (nSPS) is 15.7. The van der Waals surface area contributed by atoms with Gasteiger partial charge in [0.25, 0.3) is 0 Å². The lowest BCUT2D eigenvalue weighted by Crippen LogP contribution is -2.29. The monoisotopic (exact) mass is 1100 g/mol. The molecule has 0 saturated heterocycles.